The van der Waals surface area contributed by atoms with Crippen molar-refractivity contribution in [1.29, 1.82) is 0 Å². The minimum Gasteiger partial charge on any atom is -0.392 e. The fraction of sp³-hybridized carbons (Fsp3) is 0.333. The smallest absolute Gasteiger partial charge is 0.226 e. The maximum atomic E-state index is 11.8. The van der Waals surface area contributed by atoms with Crippen LogP contribution in [-0.4, -0.2) is 22.1 Å². The van der Waals surface area contributed by atoms with Crippen LogP contribution in [0.3, 0.4) is 0 Å². The molecular weight excluding hydrogens is 272 g/mol. The number of amides is 1. The van der Waals surface area contributed by atoms with E-state index < -0.39 is 6.10 Å². The van der Waals surface area contributed by atoms with E-state index >= 15 is 0 Å². The Morgan fingerprint density at radius 3 is 2.90 bits per heavy atom. The first-order valence-corrected chi connectivity index (χ1v) is 7.42. The summed E-state index contributed by atoms with van der Waals surface area (Å²) in [7, 11) is 0. The van der Waals surface area contributed by atoms with Crippen molar-refractivity contribution in [2.24, 2.45) is 5.92 Å². The number of hydrogen-bond donors (Lipinski definition) is 2. The molecule has 1 aromatic carbocycles. The van der Waals surface area contributed by atoms with E-state index in [1.807, 2.05) is 43.5 Å². The molecule has 0 saturated heterocycles. The minimum absolute atomic E-state index is 0.0717. The molecular formula is C15H18N2O2S. The molecule has 0 aliphatic heterocycles. The molecule has 5 heteroatoms. The Morgan fingerprint density at radius 2 is 2.25 bits per heavy atom. The lowest BCUT2D eigenvalue weighted by Gasteiger charge is -2.14. The number of aliphatic hydroxyl groups excluding tert-OH is 1. The van der Waals surface area contributed by atoms with Crippen molar-refractivity contribution in [2.75, 3.05) is 5.32 Å². The average Bonchev–Trinajstić information content (AvgIpc) is 2.92. The summed E-state index contributed by atoms with van der Waals surface area (Å²) in [6.45, 7) is 3.78. The second kappa shape index (κ2) is 6.63. The van der Waals surface area contributed by atoms with Gasteiger partial charge in [-0.1, -0.05) is 26.0 Å². The van der Waals surface area contributed by atoms with Crippen LogP contribution in [-0.2, 0) is 4.79 Å². The molecule has 0 saturated carbocycles. The highest BCUT2D eigenvalue weighted by Gasteiger charge is 2.14. The number of aliphatic hydroxyl groups is 1. The molecule has 2 rings (SSSR count). The van der Waals surface area contributed by atoms with E-state index in [0.717, 1.165) is 16.3 Å². The molecule has 0 radical (unpaired) electrons. The van der Waals surface area contributed by atoms with Crippen LogP contribution < -0.4 is 5.32 Å². The SMILES string of the molecule is CC(C)C(O)CC(=O)Nc1cccc(-c2nccs2)c1. The van der Waals surface area contributed by atoms with Gasteiger partial charge < -0.3 is 10.4 Å². The summed E-state index contributed by atoms with van der Waals surface area (Å²) in [5.41, 5.74) is 1.70. The predicted octanol–water partition coefficient (Wildman–Crippen LogP) is 3.16. The number of nitrogens with one attached hydrogen (secondary N) is 1. The van der Waals surface area contributed by atoms with Gasteiger partial charge in [-0.2, -0.15) is 0 Å². The number of aromatic nitrogens is 1. The molecule has 1 aromatic heterocycles. The fourth-order valence-electron chi connectivity index (χ4n) is 1.73. The summed E-state index contributed by atoms with van der Waals surface area (Å²) in [5.74, 6) is -0.107. The lowest BCUT2D eigenvalue weighted by atomic mass is 10.0. The van der Waals surface area contributed by atoms with Crippen molar-refractivity contribution < 1.29 is 9.90 Å². The Hall–Kier alpha value is -1.72. The summed E-state index contributed by atoms with van der Waals surface area (Å²) in [6, 6.07) is 7.55. The third kappa shape index (κ3) is 3.88. The van der Waals surface area contributed by atoms with E-state index in [1.165, 1.54) is 0 Å². The van der Waals surface area contributed by atoms with E-state index in [9.17, 15) is 9.90 Å². The summed E-state index contributed by atoms with van der Waals surface area (Å²) >= 11 is 1.55. The van der Waals surface area contributed by atoms with Crippen LogP contribution in [0.25, 0.3) is 10.6 Å². The molecule has 0 aliphatic rings. The zero-order valence-corrected chi connectivity index (χ0v) is 12.4. The van der Waals surface area contributed by atoms with Crippen LogP contribution in [0.15, 0.2) is 35.8 Å². The maximum absolute atomic E-state index is 11.8. The van der Waals surface area contributed by atoms with Crippen LogP contribution in [0, 0.1) is 5.92 Å². The largest absolute Gasteiger partial charge is 0.392 e. The second-order valence-electron chi connectivity index (χ2n) is 4.98. The van der Waals surface area contributed by atoms with Gasteiger partial charge in [0, 0.05) is 22.8 Å². The predicted molar refractivity (Wildman–Crippen MR) is 81.6 cm³/mol. The first kappa shape index (κ1) is 14.7. The molecule has 4 nitrogen and oxygen atoms in total. The van der Waals surface area contributed by atoms with E-state index in [-0.39, 0.29) is 18.2 Å². The summed E-state index contributed by atoms with van der Waals surface area (Å²) in [4.78, 5) is 16.1. The Balaban J connectivity index is 2.03. The number of carbonyl (C=O) groups is 1. The molecule has 2 aromatic rings. The topological polar surface area (TPSA) is 62.2 Å². The normalized spacial score (nSPS) is 12.4. The number of rotatable bonds is 5. The first-order valence-electron chi connectivity index (χ1n) is 6.54. The lowest BCUT2D eigenvalue weighted by molar-refractivity contribution is -0.118. The molecule has 106 valence electrons. The number of thiazole rings is 1. The minimum atomic E-state index is -0.614. The molecule has 1 heterocycles. The average molecular weight is 290 g/mol. The van der Waals surface area contributed by atoms with Gasteiger partial charge in [-0.3, -0.25) is 4.79 Å². The van der Waals surface area contributed by atoms with Gasteiger partial charge in [0.05, 0.1) is 12.5 Å². The molecule has 0 bridgehead atoms. The number of nitrogens with zero attached hydrogens (tertiary/aromatic N) is 1. The highest BCUT2D eigenvalue weighted by Crippen LogP contribution is 2.24. The maximum Gasteiger partial charge on any atom is 0.226 e. The zero-order chi connectivity index (χ0) is 14.5. The summed E-state index contributed by atoms with van der Waals surface area (Å²) in [5, 5.41) is 15.4. The van der Waals surface area contributed by atoms with Gasteiger partial charge in [-0.15, -0.1) is 11.3 Å². The van der Waals surface area contributed by atoms with Crippen LogP contribution >= 0.6 is 11.3 Å². The molecule has 0 aliphatic carbocycles. The Kier molecular flexibility index (Phi) is 4.87. The highest BCUT2D eigenvalue weighted by atomic mass is 32.1. The van der Waals surface area contributed by atoms with Gasteiger partial charge in [0.1, 0.15) is 5.01 Å². The van der Waals surface area contributed by atoms with Crippen molar-refractivity contribution in [3.63, 3.8) is 0 Å². The van der Waals surface area contributed by atoms with Crippen molar-refractivity contribution in [2.45, 2.75) is 26.4 Å². The van der Waals surface area contributed by atoms with Crippen LogP contribution in [0.4, 0.5) is 5.69 Å². The van der Waals surface area contributed by atoms with Gasteiger partial charge in [-0.05, 0) is 18.1 Å². The van der Waals surface area contributed by atoms with Gasteiger partial charge >= 0.3 is 0 Å². The van der Waals surface area contributed by atoms with Gasteiger partial charge in [0.15, 0.2) is 0 Å². The van der Waals surface area contributed by atoms with Crippen molar-refractivity contribution >= 4 is 22.9 Å². The molecule has 0 spiro atoms. The lowest BCUT2D eigenvalue weighted by Crippen LogP contribution is -2.23. The number of benzene rings is 1. The van der Waals surface area contributed by atoms with E-state index in [1.54, 1.807) is 17.5 Å². The highest BCUT2D eigenvalue weighted by molar-refractivity contribution is 7.13. The molecule has 0 fully saturated rings. The quantitative estimate of drug-likeness (QED) is 0.889. The molecule has 1 atom stereocenters. The third-order valence-electron chi connectivity index (χ3n) is 2.99. The van der Waals surface area contributed by atoms with Crippen molar-refractivity contribution in [3.8, 4) is 10.6 Å². The fourth-order valence-corrected chi connectivity index (χ4v) is 2.37. The summed E-state index contributed by atoms with van der Waals surface area (Å²) in [6.07, 6.45) is 1.25. The van der Waals surface area contributed by atoms with Crippen molar-refractivity contribution in [3.05, 3.63) is 35.8 Å². The number of carbonyl (C=O) groups excluding carboxylic acids is 1. The Labute approximate surface area is 122 Å². The van der Waals surface area contributed by atoms with E-state index in [4.69, 9.17) is 0 Å². The van der Waals surface area contributed by atoms with Gasteiger partial charge in [0.25, 0.3) is 0 Å². The number of anilines is 1. The van der Waals surface area contributed by atoms with Crippen LogP contribution in [0.5, 0.6) is 0 Å². The Bertz CT molecular complexity index is 567. The molecule has 2 N–H and O–H groups in total. The number of hydrogen-bond acceptors (Lipinski definition) is 4. The third-order valence-corrected chi connectivity index (χ3v) is 3.81. The van der Waals surface area contributed by atoms with Gasteiger partial charge in [0.2, 0.25) is 5.91 Å². The standard InChI is InChI=1S/C15H18N2O2S/c1-10(2)13(18)9-14(19)17-12-5-3-4-11(8-12)15-16-6-7-20-15/h3-8,10,13,18H,9H2,1-2H3,(H,17,19). The van der Waals surface area contributed by atoms with Gasteiger partial charge in [-0.25, -0.2) is 4.98 Å². The first-order chi connectivity index (χ1) is 9.56. The summed E-state index contributed by atoms with van der Waals surface area (Å²) < 4.78 is 0. The van der Waals surface area contributed by atoms with Crippen LogP contribution in [0.2, 0.25) is 0 Å². The molecule has 1 unspecified atom stereocenters. The van der Waals surface area contributed by atoms with Crippen LogP contribution in [0.1, 0.15) is 20.3 Å². The zero-order valence-electron chi connectivity index (χ0n) is 11.5. The monoisotopic (exact) mass is 290 g/mol. The van der Waals surface area contributed by atoms with E-state index in [0.29, 0.717) is 0 Å². The molecule has 1 amide bonds. The van der Waals surface area contributed by atoms with E-state index in [2.05, 4.69) is 10.3 Å². The molecule has 20 heavy (non-hydrogen) atoms. The Morgan fingerprint density at radius 1 is 1.45 bits per heavy atom. The second-order valence-corrected chi connectivity index (χ2v) is 5.88. The van der Waals surface area contributed by atoms with Crippen molar-refractivity contribution in [1.82, 2.24) is 4.98 Å².